The number of ether oxygens (including phenoxy) is 1. The summed E-state index contributed by atoms with van der Waals surface area (Å²) in [5.41, 5.74) is 0.953. The molecule has 0 heterocycles. The van der Waals surface area contributed by atoms with Crippen LogP contribution in [0.2, 0.25) is 5.02 Å². The van der Waals surface area contributed by atoms with Gasteiger partial charge in [-0.2, -0.15) is 0 Å². The molecule has 0 aliphatic rings. The SMILES string of the molecule is COc1ccc(CN(C)CC(=O)O)cc1Cl. The number of nitrogens with zero attached hydrogens (tertiary/aromatic N) is 1. The number of likely N-dealkylation sites (N-methyl/N-ethyl adjacent to an activating group) is 1. The predicted octanol–water partition coefficient (Wildman–Crippen LogP) is 1.86. The predicted molar refractivity (Wildman–Crippen MR) is 62.0 cm³/mol. The highest BCUT2D eigenvalue weighted by molar-refractivity contribution is 6.32. The number of methoxy groups -OCH3 is 1. The van der Waals surface area contributed by atoms with E-state index >= 15 is 0 Å². The van der Waals surface area contributed by atoms with E-state index in [1.807, 2.05) is 6.07 Å². The van der Waals surface area contributed by atoms with Crippen molar-refractivity contribution in [3.05, 3.63) is 28.8 Å². The Hall–Kier alpha value is -1.26. The maximum absolute atomic E-state index is 10.5. The van der Waals surface area contributed by atoms with Crippen molar-refractivity contribution < 1.29 is 14.6 Å². The van der Waals surface area contributed by atoms with Gasteiger partial charge in [-0.15, -0.1) is 0 Å². The Morgan fingerprint density at radius 2 is 2.25 bits per heavy atom. The van der Waals surface area contributed by atoms with Crippen LogP contribution in [0.15, 0.2) is 18.2 Å². The summed E-state index contributed by atoms with van der Waals surface area (Å²) < 4.78 is 5.03. The normalized spacial score (nSPS) is 10.5. The summed E-state index contributed by atoms with van der Waals surface area (Å²) in [5, 5.41) is 9.14. The number of carboxylic acids is 1. The van der Waals surface area contributed by atoms with E-state index < -0.39 is 5.97 Å². The molecule has 0 aliphatic carbocycles. The lowest BCUT2D eigenvalue weighted by molar-refractivity contribution is -0.138. The first-order chi connectivity index (χ1) is 7.52. The second kappa shape index (κ2) is 5.72. The molecule has 1 rings (SSSR count). The maximum Gasteiger partial charge on any atom is 0.317 e. The number of carboxylic acid groups (broad SMARTS) is 1. The van der Waals surface area contributed by atoms with Crippen LogP contribution < -0.4 is 4.74 Å². The number of benzene rings is 1. The van der Waals surface area contributed by atoms with Crippen LogP contribution in [0.4, 0.5) is 0 Å². The maximum atomic E-state index is 10.5. The van der Waals surface area contributed by atoms with E-state index in [4.69, 9.17) is 21.4 Å². The van der Waals surface area contributed by atoms with Crippen LogP contribution in [0.25, 0.3) is 0 Å². The topological polar surface area (TPSA) is 49.8 Å². The second-order valence-corrected chi connectivity index (χ2v) is 3.94. The number of aliphatic carboxylic acids is 1. The van der Waals surface area contributed by atoms with E-state index in [0.29, 0.717) is 17.3 Å². The zero-order valence-corrected chi connectivity index (χ0v) is 9.99. The molecule has 0 aliphatic heterocycles. The molecular formula is C11H14ClNO3. The summed E-state index contributed by atoms with van der Waals surface area (Å²) in [6.07, 6.45) is 0. The van der Waals surface area contributed by atoms with Gasteiger partial charge in [-0.05, 0) is 24.7 Å². The molecule has 0 saturated heterocycles. The molecule has 0 atom stereocenters. The van der Waals surface area contributed by atoms with Crippen molar-refractivity contribution in [3.63, 3.8) is 0 Å². The molecule has 0 aromatic heterocycles. The van der Waals surface area contributed by atoms with Gasteiger partial charge in [0.15, 0.2) is 0 Å². The first-order valence-corrected chi connectivity index (χ1v) is 5.13. The number of halogens is 1. The smallest absolute Gasteiger partial charge is 0.317 e. The molecule has 1 aromatic rings. The third kappa shape index (κ3) is 3.72. The Labute approximate surface area is 99.4 Å². The van der Waals surface area contributed by atoms with Gasteiger partial charge in [-0.1, -0.05) is 17.7 Å². The van der Waals surface area contributed by atoms with E-state index in [1.165, 1.54) is 0 Å². The number of rotatable bonds is 5. The Morgan fingerprint density at radius 3 is 2.75 bits per heavy atom. The first-order valence-electron chi connectivity index (χ1n) is 4.75. The minimum atomic E-state index is -0.845. The third-order valence-corrected chi connectivity index (χ3v) is 2.37. The summed E-state index contributed by atoms with van der Waals surface area (Å²) in [6, 6.07) is 5.41. The quantitative estimate of drug-likeness (QED) is 0.858. The van der Waals surface area contributed by atoms with E-state index in [1.54, 1.807) is 31.2 Å². The molecule has 4 nitrogen and oxygen atoms in total. The van der Waals surface area contributed by atoms with Gasteiger partial charge in [0, 0.05) is 6.54 Å². The second-order valence-electron chi connectivity index (χ2n) is 3.53. The molecule has 0 saturated carbocycles. The van der Waals surface area contributed by atoms with E-state index in [9.17, 15) is 4.79 Å². The number of hydrogen-bond donors (Lipinski definition) is 1. The fourth-order valence-corrected chi connectivity index (χ4v) is 1.69. The monoisotopic (exact) mass is 243 g/mol. The molecule has 0 amide bonds. The van der Waals surface area contributed by atoms with Gasteiger partial charge in [0.1, 0.15) is 5.75 Å². The van der Waals surface area contributed by atoms with Crippen molar-refractivity contribution in [2.45, 2.75) is 6.54 Å². The van der Waals surface area contributed by atoms with Crippen LogP contribution in [0.5, 0.6) is 5.75 Å². The lowest BCUT2D eigenvalue weighted by Gasteiger charge is -2.14. The average molecular weight is 244 g/mol. The molecule has 0 fully saturated rings. The molecule has 1 aromatic carbocycles. The number of carbonyl (C=O) groups is 1. The van der Waals surface area contributed by atoms with Crippen LogP contribution >= 0.6 is 11.6 Å². The van der Waals surface area contributed by atoms with Crippen molar-refractivity contribution in [2.75, 3.05) is 20.7 Å². The molecule has 0 bridgehead atoms. The van der Waals surface area contributed by atoms with Crippen molar-refractivity contribution in [1.29, 1.82) is 0 Å². The summed E-state index contributed by atoms with van der Waals surface area (Å²) in [7, 11) is 3.30. The molecular weight excluding hydrogens is 230 g/mol. The van der Waals surface area contributed by atoms with E-state index in [-0.39, 0.29) is 6.54 Å². The molecule has 16 heavy (non-hydrogen) atoms. The Morgan fingerprint density at radius 1 is 1.56 bits per heavy atom. The van der Waals surface area contributed by atoms with Crippen LogP contribution in [0.3, 0.4) is 0 Å². The van der Waals surface area contributed by atoms with Gasteiger partial charge in [0.25, 0.3) is 0 Å². The molecule has 88 valence electrons. The number of hydrogen-bond acceptors (Lipinski definition) is 3. The standard InChI is InChI=1S/C11H14ClNO3/c1-13(7-11(14)15)6-8-3-4-10(16-2)9(12)5-8/h3-5H,6-7H2,1-2H3,(H,14,15). The van der Waals surface area contributed by atoms with Crippen LogP contribution in [-0.2, 0) is 11.3 Å². The lowest BCUT2D eigenvalue weighted by atomic mass is 10.2. The highest BCUT2D eigenvalue weighted by atomic mass is 35.5. The fraction of sp³-hybridized carbons (Fsp3) is 0.364. The highest BCUT2D eigenvalue weighted by Gasteiger charge is 2.07. The van der Waals surface area contributed by atoms with Crippen LogP contribution in [-0.4, -0.2) is 36.7 Å². The van der Waals surface area contributed by atoms with Crippen LogP contribution in [0.1, 0.15) is 5.56 Å². The van der Waals surface area contributed by atoms with E-state index in [2.05, 4.69) is 0 Å². The lowest BCUT2D eigenvalue weighted by Crippen LogP contribution is -2.25. The average Bonchev–Trinajstić information content (AvgIpc) is 2.16. The third-order valence-electron chi connectivity index (χ3n) is 2.07. The minimum absolute atomic E-state index is 0.00362. The minimum Gasteiger partial charge on any atom is -0.495 e. The van der Waals surface area contributed by atoms with Gasteiger partial charge >= 0.3 is 5.97 Å². The van der Waals surface area contributed by atoms with Gasteiger partial charge < -0.3 is 9.84 Å². The van der Waals surface area contributed by atoms with Gasteiger partial charge in [-0.25, -0.2) is 0 Å². The summed E-state index contributed by atoms with van der Waals surface area (Å²) >= 11 is 5.96. The molecule has 1 N–H and O–H groups in total. The van der Waals surface area contributed by atoms with Crippen molar-refractivity contribution in [1.82, 2.24) is 4.90 Å². The fourth-order valence-electron chi connectivity index (χ4n) is 1.41. The van der Waals surface area contributed by atoms with Gasteiger partial charge in [-0.3, -0.25) is 9.69 Å². The summed E-state index contributed by atoms with van der Waals surface area (Å²) in [6.45, 7) is 0.541. The summed E-state index contributed by atoms with van der Waals surface area (Å²) in [5.74, 6) is -0.228. The highest BCUT2D eigenvalue weighted by Crippen LogP contribution is 2.25. The molecule has 0 radical (unpaired) electrons. The Balaban J connectivity index is 2.67. The molecule has 5 heteroatoms. The Kier molecular flexibility index (Phi) is 4.58. The zero-order valence-electron chi connectivity index (χ0n) is 9.24. The van der Waals surface area contributed by atoms with Crippen molar-refractivity contribution in [2.24, 2.45) is 0 Å². The largest absolute Gasteiger partial charge is 0.495 e. The molecule has 0 spiro atoms. The van der Waals surface area contributed by atoms with Gasteiger partial charge in [0.2, 0.25) is 0 Å². The van der Waals surface area contributed by atoms with Crippen molar-refractivity contribution in [3.8, 4) is 5.75 Å². The van der Waals surface area contributed by atoms with Crippen molar-refractivity contribution >= 4 is 17.6 Å². The molecule has 0 unspecified atom stereocenters. The van der Waals surface area contributed by atoms with E-state index in [0.717, 1.165) is 5.56 Å². The van der Waals surface area contributed by atoms with Gasteiger partial charge in [0.05, 0.1) is 18.7 Å². The van der Waals surface area contributed by atoms with Crippen LogP contribution in [0, 0.1) is 0 Å². The first kappa shape index (κ1) is 12.8. The Bertz CT molecular complexity index is 381. The zero-order chi connectivity index (χ0) is 12.1. The summed E-state index contributed by atoms with van der Waals surface area (Å²) in [4.78, 5) is 12.2.